The number of H-pyrrole nitrogens is 1. The van der Waals surface area contributed by atoms with Gasteiger partial charge in [0.1, 0.15) is 5.82 Å². The Kier molecular flexibility index (Phi) is 6.11. The Bertz CT molecular complexity index is 978. The molecule has 30 heavy (non-hydrogen) atoms. The van der Waals surface area contributed by atoms with Crippen molar-refractivity contribution in [3.63, 3.8) is 0 Å². The van der Waals surface area contributed by atoms with Crippen LogP contribution in [0, 0.1) is 5.92 Å². The molecule has 1 aliphatic rings. The number of carbonyl (C=O) groups excluding carboxylic acids is 1. The molecule has 2 aromatic heterocycles. The molecule has 8 heteroatoms. The number of imidazole rings is 1. The number of fused-ring (bicyclic) bond motifs is 1. The summed E-state index contributed by atoms with van der Waals surface area (Å²) in [7, 11) is 4.01. The number of hydrogen-bond donors (Lipinski definition) is 3. The van der Waals surface area contributed by atoms with E-state index < -0.39 is 0 Å². The average molecular weight is 408 g/mol. The van der Waals surface area contributed by atoms with E-state index in [2.05, 4.69) is 26.7 Å². The number of nitrogens with zero attached hydrogens (tertiary/aromatic N) is 4. The molecule has 3 aromatic rings. The Labute approximate surface area is 176 Å². The van der Waals surface area contributed by atoms with Crippen LogP contribution in [0.1, 0.15) is 31.4 Å². The molecule has 1 aromatic carbocycles. The first-order chi connectivity index (χ1) is 14.6. The van der Waals surface area contributed by atoms with Crippen molar-refractivity contribution in [2.75, 3.05) is 30.9 Å². The molecule has 8 nitrogen and oxygen atoms in total. The molecule has 1 aliphatic carbocycles. The summed E-state index contributed by atoms with van der Waals surface area (Å²) in [4.78, 5) is 30.5. The van der Waals surface area contributed by atoms with E-state index in [0.717, 1.165) is 54.6 Å². The quantitative estimate of drug-likeness (QED) is 0.557. The number of carbonyl (C=O) groups is 1. The number of benzene rings is 1. The SMILES string of the molecule is CN(C)c1nc(N[C@H]2CC[C@@H](CNC(=O)Cc3c[nH]cn3)CC2)nc2ccccc12. The van der Waals surface area contributed by atoms with Crippen molar-refractivity contribution in [3.8, 4) is 0 Å². The number of hydrogen-bond acceptors (Lipinski definition) is 6. The summed E-state index contributed by atoms with van der Waals surface area (Å²) in [6.07, 6.45) is 7.93. The van der Waals surface area contributed by atoms with E-state index in [9.17, 15) is 4.79 Å². The highest BCUT2D eigenvalue weighted by Crippen LogP contribution is 2.28. The van der Waals surface area contributed by atoms with E-state index in [1.165, 1.54) is 0 Å². The third kappa shape index (κ3) is 4.87. The monoisotopic (exact) mass is 407 g/mol. The van der Waals surface area contributed by atoms with E-state index in [1.807, 2.05) is 37.2 Å². The summed E-state index contributed by atoms with van der Waals surface area (Å²) >= 11 is 0. The van der Waals surface area contributed by atoms with Gasteiger partial charge in [-0.3, -0.25) is 4.79 Å². The number of para-hydroxylation sites is 1. The standard InChI is InChI=1S/C22H29N7O/c1-29(2)21-18-5-3-4-6-19(18)27-22(28-21)26-16-9-7-15(8-10-16)12-24-20(30)11-17-13-23-14-25-17/h3-6,13-16H,7-12H2,1-2H3,(H,23,25)(H,24,30)(H,26,27,28)/t15-,16+. The summed E-state index contributed by atoms with van der Waals surface area (Å²) < 4.78 is 0. The van der Waals surface area contributed by atoms with Gasteiger partial charge in [-0.05, 0) is 43.7 Å². The van der Waals surface area contributed by atoms with Crippen molar-refractivity contribution in [2.45, 2.75) is 38.1 Å². The second-order valence-electron chi connectivity index (χ2n) is 8.19. The first kappa shape index (κ1) is 20.1. The van der Waals surface area contributed by atoms with Crippen molar-refractivity contribution < 1.29 is 4.79 Å². The van der Waals surface area contributed by atoms with Crippen LogP contribution < -0.4 is 15.5 Å². The van der Waals surface area contributed by atoms with Crippen LogP contribution in [0.3, 0.4) is 0 Å². The van der Waals surface area contributed by atoms with Gasteiger partial charge in [0.05, 0.1) is 24.0 Å². The van der Waals surface area contributed by atoms with Crippen LogP contribution in [0.15, 0.2) is 36.8 Å². The zero-order valence-electron chi connectivity index (χ0n) is 17.6. The van der Waals surface area contributed by atoms with Gasteiger partial charge in [-0.15, -0.1) is 0 Å². The third-order valence-corrected chi connectivity index (χ3v) is 5.67. The van der Waals surface area contributed by atoms with Crippen molar-refractivity contribution in [1.29, 1.82) is 0 Å². The summed E-state index contributed by atoms with van der Waals surface area (Å²) in [5, 5.41) is 7.64. The predicted molar refractivity (Wildman–Crippen MR) is 119 cm³/mol. The number of amides is 1. The molecule has 1 fully saturated rings. The van der Waals surface area contributed by atoms with Crippen LogP contribution in [0.4, 0.5) is 11.8 Å². The lowest BCUT2D eigenvalue weighted by Crippen LogP contribution is -2.34. The maximum atomic E-state index is 12.1. The second-order valence-corrected chi connectivity index (χ2v) is 8.19. The van der Waals surface area contributed by atoms with E-state index in [0.29, 0.717) is 24.3 Å². The van der Waals surface area contributed by atoms with Crippen LogP contribution >= 0.6 is 0 Å². The lowest BCUT2D eigenvalue weighted by Gasteiger charge is -2.29. The lowest BCUT2D eigenvalue weighted by atomic mass is 9.86. The Hall–Kier alpha value is -3.16. The summed E-state index contributed by atoms with van der Waals surface area (Å²) in [5.74, 6) is 2.16. The maximum absolute atomic E-state index is 12.1. The molecule has 0 radical (unpaired) electrons. The minimum absolute atomic E-state index is 0.0307. The van der Waals surface area contributed by atoms with Crippen LogP contribution in [0.5, 0.6) is 0 Å². The first-order valence-corrected chi connectivity index (χ1v) is 10.5. The van der Waals surface area contributed by atoms with E-state index >= 15 is 0 Å². The fraction of sp³-hybridized carbons (Fsp3) is 0.455. The van der Waals surface area contributed by atoms with E-state index in [4.69, 9.17) is 9.97 Å². The molecule has 2 heterocycles. The van der Waals surface area contributed by atoms with Gasteiger partial charge >= 0.3 is 0 Å². The van der Waals surface area contributed by atoms with Gasteiger partial charge in [-0.2, -0.15) is 4.98 Å². The van der Waals surface area contributed by atoms with Gasteiger partial charge in [0, 0.05) is 38.3 Å². The average Bonchev–Trinajstić information content (AvgIpc) is 3.25. The van der Waals surface area contributed by atoms with Crippen LogP contribution in [0.25, 0.3) is 10.9 Å². The van der Waals surface area contributed by atoms with Crippen molar-refractivity contribution >= 4 is 28.6 Å². The molecule has 0 aliphatic heterocycles. The third-order valence-electron chi connectivity index (χ3n) is 5.67. The normalized spacial score (nSPS) is 18.9. The molecule has 158 valence electrons. The molecule has 0 unspecified atom stereocenters. The highest BCUT2D eigenvalue weighted by atomic mass is 16.1. The van der Waals surface area contributed by atoms with Crippen molar-refractivity contribution in [2.24, 2.45) is 5.92 Å². The van der Waals surface area contributed by atoms with Gasteiger partial charge in [0.2, 0.25) is 11.9 Å². The van der Waals surface area contributed by atoms with Gasteiger partial charge in [0.15, 0.2) is 0 Å². The van der Waals surface area contributed by atoms with E-state index in [1.54, 1.807) is 12.5 Å². The molecular formula is C22H29N7O. The summed E-state index contributed by atoms with van der Waals surface area (Å²) in [5.41, 5.74) is 1.72. The molecule has 0 atom stereocenters. The predicted octanol–water partition coefficient (Wildman–Crippen LogP) is 2.75. The number of anilines is 2. The number of rotatable bonds is 7. The van der Waals surface area contributed by atoms with E-state index in [-0.39, 0.29) is 5.91 Å². The maximum Gasteiger partial charge on any atom is 0.226 e. The lowest BCUT2D eigenvalue weighted by molar-refractivity contribution is -0.120. The fourth-order valence-corrected chi connectivity index (χ4v) is 4.03. The van der Waals surface area contributed by atoms with Crippen molar-refractivity contribution in [3.05, 3.63) is 42.5 Å². The first-order valence-electron chi connectivity index (χ1n) is 10.5. The topological polar surface area (TPSA) is 98.8 Å². The number of aromatic amines is 1. The number of nitrogens with one attached hydrogen (secondary N) is 3. The van der Waals surface area contributed by atoms with Crippen LogP contribution in [-0.4, -0.2) is 52.5 Å². The Balaban J connectivity index is 1.29. The Morgan fingerprint density at radius 1 is 1.17 bits per heavy atom. The van der Waals surface area contributed by atoms with Crippen LogP contribution in [-0.2, 0) is 11.2 Å². The van der Waals surface area contributed by atoms with Gasteiger partial charge in [-0.1, -0.05) is 12.1 Å². The molecule has 3 N–H and O–H groups in total. The zero-order valence-corrected chi connectivity index (χ0v) is 17.6. The molecule has 0 spiro atoms. The van der Waals surface area contributed by atoms with Gasteiger partial charge < -0.3 is 20.5 Å². The molecule has 0 bridgehead atoms. The van der Waals surface area contributed by atoms with Gasteiger partial charge in [-0.25, -0.2) is 9.97 Å². The van der Waals surface area contributed by atoms with Crippen molar-refractivity contribution in [1.82, 2.24) is 25.3 Å². The minimum Gasteiger partial charge on any atom is -0.362 e. The highest BCUT2D eigenvalue weighted by molar-refractivity contribution is 5.90. The zero-order chi connectivity index (χ0) is 20.9. The van der Waals surface area contributed by atoms with Gasteiger partial charge in [0.25, 0.3) is 0 Å². The van der Waals surface area contributed by atoms with Crippen LogP contribution in [0.2, 0.25) is 0 Å². The number of aromatic nitrogens is 4. The Morgan fingerprint density at radius 2 is 1.97 bits per heavy atom. The smallest absolute Gasteiger partial charge is 0.226 e. The molecular weight excluding hydrogens is 378 g/mol. The summed E-state index contributed by atoms with van der Waals surface area (Å²) in [6, 6.07) is 8.46. The largest absolute Gasteiger partial charge is 0.362 e. The molecule has 1 saturated carbocycles. The Morgan fingerprint density at radius 3 is 2.70 bits per heavy atom. The second kappa shape index (κ2) is 9.11. The molecule has 1 amide bonds. The highest BCUT2D eigenvalue weighted by Gasteiger charge is 2.22. The minimum atomic E-state index is 0.0307. The molecule has 0 saturated heterocycles. The fourth-order valence-electron chi connectivity index (χ4n) is 4.03. The summed E-state index contributed by atoms with van der Waals surface area (Å²) in [6.45, 7) is 0.729. The molecule has 4 rings (SSSR count).